The van der Waals surface area contributed by atoms with Crippen LogP contribution in [-0.4, -0.2) is 34.1 Å². The highest BCUT2D eigenvalue weighted by Gasteiger charge is 2.38. The van der Waals surface area contributed by atoms with Crippen molar-refractivity contribution in [1.29, 1.82) is 0 Å². The van der Waals surface area contributed by atoms with Crippen molar-refractivity contribution in [2.24, 2.45) is 0 Å². The first-order valence-corrected chi connectivity index (χ1v) is 8.93. The molecule has 0 saturated heterocycles. The molecule has 29 heavy (non-hydrogen) atoms. The van der Waals surface area contributed by atoms with Crippen molar-refractivity contribution in [2.75, 3.05) is 17.2 Å². The van der Waals surface area contributed by atoms with Crippen molar-refractivity contribution in [3.05, 3.63) is 65.3 Å². The Morgan fingerprint density at radius 2 is 2.10 bits per heavy atom. The molecule has 0 fully saturated rings. The Morgan fingerprint density at radius 1 is 1.31 bits per heavy atom. The lowest BCUT2D eigenvalue weighted by molar-refractivity contribution is -0.135. The summed E-state index contributed by atoms with van der Waals surface area (Å²) in [5, 5.41) is 14.2. The Balaban J connectivity index is 1.72. The van der Waals surface area contributed by atoms with E-state index in [4.69, 9.17) is 9.84 Å². The minimum atomic E-state index is -0.980. The largest absolute Gasteiger partial charge is 0.482 e. The van der Waals surface area contributed by atoms with Gasteiger partial charge in [-0.1, -0.05) is 0 Å². The second kappa shape index (κ2) is 6.73. The summed E-state index contributed by atoms with van der Waals surface area (Å²) in [6.07, 6.45) is 3.37. The van der Waals surface area contributed by atoms with Crippen LogP contribution in [0.3, 0.4) is 0 Å². The number of amides is 1. The maximum atomic E-state index is 13.7. The number of hydrogen-bond donors (Lipinski definition) is 3. The molecule has 8 heteroatoms. The zero-order valence-electron chi connectivity index (χ0n) is 15.7. The molecule has 4 rings (SSSR count). The maximum Gasteiger partial charge on any atom is 0.322 e. The molecule has 2 aliphatic heterocycles. The van der Waals surface area contributed by atoms with Gasteiger partial charge >= 0.3 is 5.97 Å². The van der Waals surface area contributed by atoms with Gasteiger partial charge in [-0.2, -0.15) is 0 Å². The highest BCUT2D eigenvalue weighted by Crippen LogP contribution is 2.44. The Hall–Kier alpha value is -3.68. The Morgan fingerprint density at radius 3 is 2.79 bits per heavy atom. The predicted octanol–water partition coefficient (Wildman–Crippen LogP) is 3.27. The summed E-state index contributed by atoms with van der Waals surface area (Å²) in [5.41, 5.74) is 2.12. The molecule has 2 aromatic rings. The first-order valence-electron chi connectivity index (χ1n) is 8.93. The lowest BCUT2D eigenvalue weighted by Crippen LogP contribution is -2.21. The number of halogens is 1. The number of carboxylic acid groups (broad SMARTS) is 1. The van der Waals surface area contributed by atoms with E-state index < -0.39 is 17.4 Å². The number of carbonyl (C=O) groups is 2. The number of carbonyl (C=O) groups excluding carboxylic acids is 1. The van der Waals surface area contributed by atoms with Crippen molar-refractivity contribution >= 4 is 34.5 Å². The van der Waals surface area contributed by atoms with Gasteiger partial charge in [0.05, 0.1) is 5.57 Å². The number of pyridine rings is 1. The van der Waals surface area contributed by atoms with E-state index in [0.29, 0.717) is 22.8 Å². The van der Waals surface area contributed by atoms with E-state index in [-0.39, 0.29) is 18.0 Å². The first-order chi connectivity index (χ1) is 13.7. The molecule has 3 heterocycles. The molecule has 1 aromatic carbocycles. The van der Waals surface area contributed by atoms with E-state index in [1.54, 1.807) is 24.4 Å². The fraction of sp³-hybridized carbons (Fsp3) is 0.190. The van der Waals surface area contributed by atoms with Gasteiger partial charge in [0, 0.05) is 28.6 Å². The SMILES string of the molecule is CC1(C)OC(=C2C(=O)Nc3ccc(F)cc32)C=C1c1ccc(NCC(=O)O)nc1. The minimum absolute atomic E-state index is 0.231. The fourth-order valence-electron chi connectivity index (χ4n) is 3.43. The third-order valence-corrected chi connectivity index (χ3v) is 4.76. The summed E-state index contributed by atoms with van der Waals surface area (Å²) in [6, 6.07) is 7.59. The Bertz CT molecular complexity index is 1090. The summed E-state index contributed by atoms with van der Waals surface area (Å²) < 4.78 is 19.8. The highest BCUT2D eigenvalue weighted by molar-refractivity contribution is 6.32. The molecule has 3 N–H and O–H groups in total. The monoisotopic (exact) mass is 395 g/mol. The van der Waals surface area contributed by atoms with E-state index in [1.165, 1.54) is 18.2 Å². The quantitative estimate of drug-likeness (QED) is 0.687. The van der Waals surface area contributed by atoms with Gasteiger partial charge in [0.1, 0.15) is 29.5 Å². The van der Waals surface area contributed by atoms with Crippen LogP contribution < -0.4 is 10.6 Å². The summed E-state index contributed by atoms with van der Waals surface area (Å²) >= 11 is 0. The highest BCUT2D eigenvalue weighted by atomic mass is 19.1. The molecule has 0 atom stereocenters. The average Bonchev–Trinajstić information content (AvgIpc) is 3.15. The van der Waals surface area contributed by atoms with Gasteiger partial charge in [-0.3, -0.25) is 9.59 Å². The van der Waals surface area contributed by atoms with E-state index in [9.17, 15) is 14.0 Å². The number of fused-ring (bicyclic) bond motifs is 1. The number of anilines is 2. The van der Waals surface area contributed by atoms with Gasteiger partial charge in [0.2, 0.25) is 0 Å². The minimum Gasteiger partial charge on any atom is -0.482 e. The molecule has 0 aliphatic carbocycles. The number of aliphatic carboxylic acids is 1. The van der Waals surface area contributed by atoms with Crippen LogP contribution in [0.5, 0.6) is 0 Å². The molecule has 0 radical (unpaired) electrons. The zero-order chi connectivity index (χ0) is 20.8. The number of hydrogen-bond acceptors (Lipinski definition) is 5. The van der Waals surface area contributed by atoms with E-state index >= 15 is 0 Å². The number of aromatic nitrogens is 1. The molecule has 1 aromatic heterocycles. The van der Waals surface area contributed by atoms with Crippen LogP contribution in [-0.2, 0) is 14.3 Å². The van der Waals surface area contributed by atoms with Crippen LogP contribution in [0, 0.1) is 5.82 Å². The summed E-state index contributed by atoms with van der Waals surface area (Å²) in [4.78, 5) is 27.4. The Kier molecular flexibility index (Phi) is 4.34. The van der Waals surface area contributed by atoms with Crippen molar-refractivity contribution < 1.29 is 23.8 Å². The number of nitrogens with zero attached hydrogens (tertiary/aromatic N) is 1. The van der Waals surface area contributed by atoms with Gasteiger partial charge < -0.3 is 20.5 Å². The topological polar surface area (TPSA) is 101 Å². The molecule has 0 spiro atoms. The van der Waals surface area contributed by atoms with Crippen LogP contribution in [0.2, 0.25) is 0 Å². The number of carboxylic acids is 1. The van der Waals surface area contributed by atoms with E-state index in [0.717, 1.165) is 11.1 Å². The number of allylic oxidation sites excluding steroid dienone is 1. The van der Waals surface area contributed by atoms with E-state index in [2.05, 4.69) is 15.6 Å². The molecule has 0 unspecified atom stereocenters. The third kappa shape index (κ3) is 3.44. The molecule has 7 nitrogen and oxygen atoms in total. The summed E-state index contributed by atoms with van der Waals surface area (Å²) in [6.45, 7) is 3.50. The van der Waals surface area contributed by atoms with Crippen molar-refractivity contribution in [3.63, 3.8) is 0 Å². The van der Waals surface area contributed by atoms with Gasteiger partial charge in [-0.25, -0.2) is 9.37 Å². The molecule has 2 aliphatic rings. The second-order valence-corrected chi connectivity index (χ2v) is 7.23. The van der Waals surface area contributed by atoms with Gasteiger partial charge in [0.15, 0.2) is 0 Å². The van der Waals surface area contributed by atoms with Crippen LogP contribution in [0.1, 0.15) is 25.0 Å². The van der Waals surface area contributed by atoms with Gasteiger partial charge in [-0.15, -0.1) is 0 Å². The third-order valence-electron chi connectivity index (χ3n) is 4.76. The molecule has 0 saturated carbocycles. The second-order valence-electron chi connectivity index (χ2n) is 7.23. The molecular formula is C21H18FN3O4. The van der Waals surface area contributed by atoms with Gasteiger partial charge in [-0.05, 0) is 50.3 Å². The summed E-state index contributed by atoms with van der Waals surface area (Å²) in [7, 11) is 0. The molecular weight excluding hydrogens is 377 g/mol. The van der Waals surface area contributed by atoms with Crippen LogP contribution >= 0.6 is 0 Å². The normalized spacial score (nSPS) is 19.3. The van der Waals surface area contributed by atoms with E-state index in [1.807, 2.05) is 13.8 Å². The molecule has 148 valence electrons. The lowest BCUT2D eigenvalue weighted by atomic mass is 9.93. The molecule has 0 bridgehead atoms. The van der Waals surface area contributed by atoms with Crippen molar-refractivity contribution in [1.82, 2.24) is 4.98 Å². The zero-order valence-corrected chi connectivity index (χ0v) is 15.7. The maximum absolute atomic E-state index is 13.7. The van der Waals surface area contributed by atoms with Crippen LogP contribution in [0.15, 0.2) is 48.4 Å². The molecule has 1 amide bonds. The summed E-state index contributed by atoms with van der Waals surface area (Å²) in [5.74, 6) is -0.966. The first kappa shape index (κ1) is 18.7. The van der Waals surface area contributed by atoms with Crippen LogP contribution in [0.4, 0.5) is 15.9 Å². The van der Waals surface area contributed by atoms with Crippen molar-refractivity contribution in [2.45, 2.75) is 19.4 Å². The number of nitrogens with one attached hydrogen (secondary N) is 2. The smallest absolute Gasteiger partial charge is 0.322 e. The number of rotatable bonds is 4. The fourth-order valence-corrected chi connectivity index (χ4v) is 3.43. The number of benzene rings is 1. The standard InChI is InChI=1S/C21H18FN3O4/c1-21(2)14(11-3-6-17(23-9-11)24-10-18(26)27)8-16(29-21)19-13-7-12(22)4-5-15(13)25-20(19)28/h3-9H,10H2,1-2H3,(H,23,24)(H,25,28)(H,26,27). The number of ether oxygens (including phenoxy) is 1. The van der Waals surface area contributed by atoms with Crippen molar-refractivity contribution in [3.8, 4) is 0 Å². The predicted molar refractivity (Wildman–Crippen MR) is 105 cm³/mol. The van der Waals surface area contributed by atoms with Gasteiger partial charge in [0.25, 0.3) is 5.91 Å². The van der Waals surface area contributed by atoms with Crippen LogP contribution in [0.25, 0.3) is 11.1 Å². The average molecular weight is 395 g/mol. The Labute approximate surface area is 165 Å². The lowest BCUT2D eigenvalue weighted by Gasteiger charge is -2.23.